The molecule has 114 valence electrons. The first-order valence-corrected chi connectivity index (χ1v) is 6.67. The van der Waals surface area contributed by atoms with Crippen molar-refractivity contribution in [1.82, 2.24) is 15.6 Å². The molecule has 3 rings (SSSR count). The van der Waals surface area contributed by atoms with E-state index >= 15 is 0 Å². The normalized spacial score (nSPS) is 16.9. The van der Waals surface area contributed by atoms with E-state index < -0.39 is 0 Å². The van der Waals surface area contributed by atoms with E-state index in [1.54, 1.807) is 6.07 Å². The third-order valence-corrected chi connectivity index (χ3v) is 3.54. The molecule has 4 nitrogen and oxygen atoms in total. The average Bonchev–Trinajstić information content (AvgIpc) is 2.97. The van der Waals surface area contributed by atoms with E-state index in [1.807, 2.05) is 30.3 Å². The van der Waals surface area contributed by atoms with Crippen LogP contribution >= 0.6 is 24.8 Å². The predicted octanol–water partition coefficient (Wildman–Crippen LogP) is 2.42. The number of carbonyl (C=O) groups is 1. The zero-order valence-corrected chi connectivity index (χ0v) is 13.2. The SMILES string of the molecule is Cl.Cl.O=C(NCC1CCNC1)c1ccc2ccccc2n1. The molecule has 1 unspecified atom stereocenters. The second-order valence-corrected chi connectivity index (χ2v) is 4.96. The number of hydrogen-bond donors (Lipinski definition) is 2. The first-order chi connectivity index (χ1) is 9.33. The summed E-state index contributed by atoms with van der Waals surface area (Å²) >= 11 is 0. The monoisotopic (exact) mass is 327 g/mol. The fourth-order valence-corrected chi connectivity index (χ4v) is 2.41. The number of rotatable bonds is 3. The molecule has 1 aromatic heterocycles. The van der Waals surface area contributed by atoms with Crippen molar-refractivity contribution in [3.63, 3.8) is 0 Å². The summed E-state index contributed by atoms with van der Waals surface area (Å²) in [7, 11) is 0. The molecule has 1 aliphatic heterocycles. The average molecular weight is 328 g/mol. The molecule has 2 N–H and O–H groups in total. The highest BCUT2D eigenvalue weighted by atomic mass is 35.5. The van der Waals surface area contributed by atoms with Crippen LogP contribution in [0.15, 0.2) is 36.4 Å². The Bertz CT molecular complexity index is 600. The smallest absolute Gasteiger partial charge is 0.269 e. The Labute approximate surface area is 136 Å². The molecular formula is C15H19Cl2N3O. The number of fused-ring (bicyclic) bond motifs is 1. The highest BCUT2D eigenvalue weighted by Crippen LogP contribution is 2.12. The molecule has 6 heteroatoms. The van der Waals surface area contributed by atoms with Gasteiger partial charge in [-0.3, -0.25) is 4.79 Å². The second kappa shape index (κ2) is 8.17. The van der Waals surface area contributed by atoms with Crippen molar-refractivity contribution in [1.29, 1.82) is 0 Å². The van der Waals surface area contributed by atoms with E-state index in [2.05, 4.69) is 15.6 Å². The topological polar surface area (TPSA) is 54.0 Å². The van der Waals surface area contributed by atoms with E-state index in [0.717, 1.165) is 37.0 Å². The quantitative estimate of drug-likeness (QED) is 0.910. The van der Waals surface area contributed by atoms with E-state index in [4.69, 9.17) is 0 Å². The third kappa shape index (κ3) is 4.30. The summed E-state index contributed by atoms with van der Waals surface area (Å²) in [6, 6.07) is 11.5. The van der Waals surface area contributed by atoms with Gasteiger partial charge in [0.2, 0.25) is 0 Å². The van der Waals surface area contributed by atoms with Crippen molar-refractivity contribution in [3.05, 3.63) is 42.1 Å². The molecule has 2 heterocycles. The minimum Gasteiger partial charge on any atom is -0.350 e. The van der Waals surface area contributed by atoms with Gasteiger partial charge in [-0.15, -0.1) is 24.8 Å². The highest BCUT2D eigenvalue weighted by Gasteiger charge is 2.16. The standard InChI is InChI=1S/C15H17N3O.2ClH/c19-15(17-10-11-7-8-16-9-11)14-6-5-12-3-1-2-4-13(12)18-14;;/h1-6,11,16H,7-10H2,(H,17,19);2*1H. The van der Waals surface area contributed by atoms with E-state index in [1.165, 1.54) is 0 Å². The largest absolute Gasteiger partial charge is 0.350 e. The zero-order valence-electron chi connectivity index (χ0n) is 11.5. The lowest BCUT2D eigenvalue weighted by Gasteiger charge is -2.09. The van der Waals surface area contributed by atoms with Gasteiger partial charge in [0, 0.05) is 11.9 Å². The van der Waals surface area contributed by atoms with Crippen LogP contribution in [0.5, 0.6) is 0 Å². The van der Waals surface area contributed by atoms with Crippen molar-refractivity contribution in [2.24, 2.45) is 5.92 Å². The summed E-state index contributed by atoms with van der Waals surface area (Å²) in [5.41, 5.74) is 1.35. The van der Waals surface area contributed by atoms with Crippen LogP contribution in [0.3, 0.4) is 0 Å². The van der Waals surface area contributed by atoms with Crippen LogP contribution in [0.25, 0.3) is 10.9 Å². The van der Waals surface area contributed by atoms with Crippen molar-refractivity contribution >= 4 is 41.6 Å². The minimum atomic E-state index is -0.0855. The lowest BCUT2D eigenvalue weighted by atomic mass is 10.1. The molecule has 1 fully saturated rings. The number of amides is 1. The maximum Gasteiger partial charge on any atom is 0.269 e. The number of pyridine rings is 1. The fraction of sp³-hybridized carbons (Fsp3) is 0.333. The summed E-state index contributed by atoms with van der Waals surface area (Å²) in [4.78, 5) is 16.4. The van der Waals surface area contributed by atoms with Gasteiger partial charge in [-0.05, 0) is 37.6 Å². The molecule has 21 heavy (non-hydrogen) atoms. The molecule has 2 aromatic rings. The van der Waals surface area contributed by atoms with Gasteiger partial charge in [0.15, 0.2) is 0 Å². The number of hydrogen-bond acceptors (Lipinski definition) is 3. The van der Waals surface area contributed by atoms with Gasteiger partial charge in [-0.1, -0.05) is 24.3 Å². The number of halogens is 2. The van der Waals surface area contributed by atoms with Crippen molar-refractivity contribution in [2.75, 3.05) is 19.6 Å². The first kappa shape index (κ1) is 17.7. The van der Waals surface area contributed by atoms with Crippen molar-refractivity contribution in [2.45, 2.75) is 6.42 Å². The summed E-state index contributed by atoms with van der Waals surface area (Å²) < 4.78 is 0. The maximum atomic E-state index is 12.1. The van der Waals surface area contributed by atoms with Crippen LogP contribution in [0.4, 0.5) is 0 Å². The third-order valence-electron chi connectivity index (χ3n) is 3.54. The van der Waals surface area contributed by atoms with Crippen LogP contribution in [-0.2, 0) is 0 Å². The van der Waals surface area contributed by atoms with Crippen LogP contribution in [0, 0.1) is 5.92 Å². The van der Waals surface area contributed by atoms with Crippen molar-refractivity contribution < 1.29 is 4.79 Å². The maximum absolute atomic E-state index is 12.1. The Hall–Kier alpha value is -1.36. The van der Waals surface area contributed by atoms with Crippen LogP contribution < -0.4 is 10.6 Å². The summed E-state index contributed by atoms with van der Waals surface area (Å²) in [6.45, 7) is 2.76. The van der Waals surface area contributed by atoms with E-state index in [0.29, 0.717) is 11.6 Å². The van der Waals surface area contributed by atoms with Crippen LogP contribution in [0.1, 0.15) is 16.9 Å². The van der Waals surface area contributed by atoms with Gasteiger partial charge in [0.25, 0.3) is 5.91 Å². The summed E-state index contributed by atoms with van der Waals surface area (Å²) in [5.74, 6) is 0.460. The van der Waals surface area contributed by atoms with Gasteiger partial charge >= 0.3 is 0 Å². The second-order valence-electron chi connectivity index (χ2n) is 4.96. The number of nitrogens with zero attached hydrogens (tertiary/aromatic N) is 1. The van der Waals surface area contributed by atoms with E-state index in [-0.39, 0.29) is 30.7 Å². The number of para-hydroxylation sites is 1. The number of aromatic nitrogens is 1. The van der Waals surface area contributed by atoms with Gasteiger partial charge < -0.3 is 10.6 Å². The first-order valence-electron chi connectivity index (χ1n) is 6.67. The van der Waals surface area contributed by atoms with Crippen LogP contribution in [0.2, 0.25) is 0 Å². The minimum absolute atomic E-state index is 0. The van der Waals surface area contributed by atoms with Crippen LogP contribution in [-0.4, -0.2) is 30.5 Å². The Kier molecular flexibility index (Phi) is 6.89. The van der Waals surface area contributed by atoms with Gasteiger partial charge in [0.05, 0.1) is 5.52 Å². The Morgan fingerprint density at radius 2 is 2.05 bits per heavy atom. The number of carbonyl (C=O) groups excluding carboxylic acids is 1. The van der Waals surface area contributed by atoms with E-state index in [9.17, 15) is 4.79 Å². The highest BCUT2D eigenvalue weighted by molar-refractivity contribution is 5.94. The number of nitrogens with one attached hydrogen (secondary N) is 2. The fourth-order valence-electron chi connectivity index (χ4n) is 2.41. The molecule has 1 atom stereocenters. The number of benzene rings is 1. The summed E-state index contributed by atoms with van der Waals surface area (Å²) in [6.07, 6.45) is 1.13. The molecule has 0 spiro atoms. The lowest BCUT2D eigenvalue weighted by molar-refractivity contribution is 0.0943. The molecule has 1 amide bonds. The molecule has 0 radical (unpaired) electrons. The zero-order chi connectivity index (χ0) is 13.1. The molecular weight excluding hydrogens is 309 g/mol. The molecule has 0 saturated carbocycles. The Morgan fingerprint density at radius 3 is 2.81 bits per heavy atom. The Morgan fingerprint density at radius 1 is 1.24 bits per heavy atom. The van der Waals surface area contributed by atoms with Gasteiger partial charge in [0.1, 0.15) is 5.69 Å². The Balaban J connectivity index is 0.00000110. The molecule has 1 aliphatic rings. The molecule has 1 aromatic carbocycles. The van der Waals surface area contributed by atoms with Crippen molar-refractivity contribution in [3.8, 4) is 0 Å². The molecule has 0 bridgehead atoms. The van der Waals surface area contributed by atoms with Gasteiger partial charge in [-0.25, -0.2) is 4.98 Å². The summed E-state index contributed by atoms with van der Waals surface area (Å²) in [5, 5.41) is 7.31. The molecule has 0 aliphatic carbocycles. The lowest BCUT2D eigenvalue weighted by Crippen LogP contribution is -2.30. The predicted molar refractivity (Wildman–Crippen MR) is 89.5 cm³/mol. The molecule has 1 saturated heterocycles. The van der Waals surface area contributed by atoms with Gasteiger partial charge in [-0.2, -0.15) is 0 Å².